The summed E-state index contributed by atoms with van der Waals surface area (Å²) < 4.78 is 0. The van der Waals surface area contributed by atoms with E-state index in [2.05, 4.69) is 4.85 Å². The van der Waals surface area contributed by atoms with Crippen molar-refractivity contribution >= 4 is 0 Å². The SMILES string of the molecule is [C-]#[N+]C1(C2CCCC2)CC1. The second-order valence-electron chi connectivity index (χ2n) is 3.70. The summed E-state index contributed by atoms with van der Waals surface area (Å²) in [5, 5.41) is 0. The maximum Gasteiger partial charge on any atom is 0.236 e. The van der Waals surface area contributed by atoms with Crippen LogP contribution in [0.15, 0.2) is 0 Å². The normalized spacial score (nSPS) is 29.9. The average Bonchev–Trinajstić information content (AvgIpc) is 2.58. The van der Waals surface area contributed by atoms with Crippen LogP contribution < -0.4 is 0 Å². The molecule has 0 radical (unpaired) electrons. The zero-order valence-electron chi connectivity index (χ0n) is 6.27. The second kappa shape index (κ2) is 1.99. The van der Waals surface area contributed by atoms with Crippen LogP contribution in [-0.4, -0.2) is 5.54 Å². The summed E-state index contributed by atoms with van der Waals surface area (Å²) >= 11 is 0. The lowest BCUT2D eigenvalue weighted by molar-refractivity contribution is 0.465. The summed E-state index contributed by atoms with van der Waals surface area (Å²) in [4.78, 5) is 3.76. The van der Waals surface area contributed by atoms with Gasteiger partial charge >= 0.3 is 0 Å². The van der Waals surface area contributed by atoms with Crippen LogP contribution in [0.1, 0.15) is 38.5 Å². The van der Waals surface area contributed by atoms with Crippen molar-refractivity contribution in [2.75, 3.05) is 0 Å². The Morgan fingerprint density at radius 1 is 1.20 bits per heavy atom. The third-order valence-corrected chi connectivity index (χ3v) is 3.10. The van der Waals surface area contributed by atoms with E-state index in [1.54, 1.807) is 0 Å². The third-order valence-electron chi connectivity index (χ3n) is 3.10. The lowest BCUT2D eigenvalue weighted by atomic mass is 9.97. The highest BCUT2D eigenvalue weighted by Gasteiger charge is 2.57. The molecule has 0 saturated heterocycles. The molecule has 10 heavy (non-hydrogen) atoms. The Bertz CT molecular complexity index is 168. The Morgan fingerprint density at radius 3 is 2.20 bits per heavy atom. The van der Waals surface area contributed by atoms with Crippen molar-refractivity contribution in [2.24, 2.45) is 5.92 Å². The fraction of sp³-hybridized carbons (Fsp3) is 0.889. The van der Waals surface area contributed by atoms with E-state index in [-0.39, 0.29) is 5.54 Å². The summed E-state index contributed by atoms with van der Waals surface area (Å²) in [6, 6.07) is 0. The van der Waals surface area contributed by atoms with E-state index in [0.29, 0.717) is 0 Å². The molecule has 0 spiro atoms. The van der Waals surface area contributed by atoms with Gasteiger partial charge in [0, 0.05) is 18.8 Å². The zero-order valence-corrected chi connectivity index (χ0v) is 6.27. The minimum absolute atomic E-state index is 0.163. The largest absolute Gasteiger partial charge is 0.310 e. The van der Waals surface area contributed by atoms with Crippen LogP contribution in [0.4, 0.5) is 0 Å². The Morgan fingerprint density at radius 2 is 1.80 bits per heavy atom. The molecule has 1 heteroatoms. The van der Waals surface area contributed by atoms with Crippen LogP contribution in [0.25, 0.3) is 4.85 Å². The molecule has 0 heterocycles. The van der Waals surface area contributed by atoms with E-state index in [1.165, 1.54) is 38.5 Å². The Balaban J connectivity index is 2.05. The van der Waals surface area contributed by atoms with Gasteiger partial charge in [0.2, 0.25) is 5.54 Å². The third kappa shape index (κ3) is 0.751. The summed E-state index contributed by atoms with van der Waals surface area (Å²) in [5.74, 6) is 0.782. The molecule has 54 valence electrons. The molecule has 2 saturated carbocycles. The molecule has 0 aromatic rings. The van der Waals surface area contributed by atoms with Gasteiger partial charge < -0.3 is 4.85 Å². The minimum atomic E-state index is 0.163. The van der Waals surface area contributed by atoms with Crippen molar-refractivity contribution in [3.05, 3.63) is 11.4 Å². The molecule has 0 unspecified atom stereocenters. The maximum absolute atomic E-state index is 7.06. The van der Waals surface area contributed by atoms with Gasteiger partial charge in [-0.3, -0.25) is 0 Å². The van der Waals surface area contributed by atoms with Crippen molar-refractivity contribution in [2.45, 2.75) is 44.1 Å². The molecular formula is C9H13N. The van der Waals surface area contributed by atoms with Crippen molar-refractivity contribution in [1.29, 1.82) is 0 Å². The first-order valence-electron chi connectivity index (χ1n) is 4.26. The highest BCUT2D eigenvalue weighted by Crippen LogP contribution is 2.52. The van der Waals surface area contributed by atoms with Gasteiger partial charge in [-0.1, -0.05) is 12.8 Å². The topological polar surface area (TPSA) is 4.36 Å². The van der Waals surface area contributed by atoms with Gasteiger partial charge in [0.15, 0.2) is 0 Å². The van der Waals surface area contributed by atoms with E-state index < -0.39 is 0 Å². The fourth-order valence-corrected chi connectivity index (χ4v) is 2.20. The van der Waals surface area contributed by atoms with Crippen molar-refractivity contribution < 1.29 is 0 Å². The van der Waals surface area contributed by atoms with E-state index in [4.69, 9.17) is 6.57 Å². The highest BCUT2D eigenvalue weighted by atomic mass is 14.9. The monoisotopic (exact) mass is 135 g/mol. The summed E-state index contributed by atoms with van der Waals surface area (Å²) in [6.07, 6.45) is 7.82. The van der Waals surface area contributed by atoms with Crippen LogP contribution in [0, 0.1) is 12.5 Å². The molecule has 0 N–H and O–H groups in total. The average molecular weight is 135 g/mol. The molecule has 1 nitrogen and oxygen atoms in total. The van der Waals surface area contributed by atoms with Gasteiger partial charge in [-0.05, 0) is 12.8 Å². The molecule has 0 aliphatic heterocycles. The highest BCUT2D eigenvalue weighted by molar-refractivity contribution is 5.15. The van der Waals surface area contributed by atoms with E-state index in [1.807, 2.05) is 0 Å². The van der Waals surface area contributed by atoms with E-state index in [9.17, 15) is 0 Å². The number of nitrogens with zero attached hydrogens (tertiary/aromatic N) is 1. The van der Waals surface area contributed by atoms with Gasteiger partial charge in [0.25, 0.3) is 0 Å². The Hall–Kier alpha value is -0.510. The van der Waals surface area contributed by atoms with Crippen molar-refractivity contribution in [3.8, 4) is 0 Å². The lowest BCUT2D eigenvalue weighted by Crippen LogP contribution is -2.14. The first-order chi connectivity index (χ1) is 4.87. The van der Waals surface area contributed by atoms with Gasteiger partial charge in [-0.25, -0.2) is 6.57 Å². The number of hydrogen-bond donors (Lipinski definition) is 0. The van der Waals surface area contributed by atoms with E-state index in [0.717, 1.165) is 5.92 Å². The fourth-order valence-electron chi connectivity index (χ4n) is 2.20. The molecule has 2 aliphatic carbocycles. The number of rotatable bonds is 1. The van der Waals surface area contributed by atoms with Gasteiger partial charge in [0.1, 0.15) is 0 Å². The first-order valence-corrected chi connectivity index (χ1v) is 4.26. The number of hydrogen-bond acceptors (Lipinski definition) is 0. The summed E-state index contributed by atoms with van der Waals surface area (Å²) in [5.41, 5.74) is 0.163. The molecule has 0 amide bonds. The molecule has 2 aliphatic rings. The van der Waals surface area contributed by atoms with Crippen LogP contribution in [0.2, 0.25) is 0 Å². The maximum atomic E-state index is 7.06. The van der Waals surface area contributed by atoms with Gasteiger partial charge in [0.05, 0.1) is 0 Å². The summed E-state index contributed by atoms with van der Waals surface area (Å²) in [6.45, 7) is 7.06. The first kappa shape index (κ1) is 6.22. The smallest absolute Gasteiger partial charge is 0.236 e. The quantitative estimate of drug-likeness (QED) is 0.487. The Kier molecular flexibility index (Phi) is 1.23. The minimum Gasteiger partial charge on any atom is -0.310 e. The van der Waals surface area contributed by atoms with Crippen LogP contribution in [0.3, 0.4) is 0 Å². The molecule has 2 fully saturated rings. The standard InChI is InChI=1S/C9H13N/c1-10-9(6-7-9)8-4-2-3-5-8/h8H,2-7H2. The Labute approximate surface area is 62.2 Å². The van der Waals surface area contributed by atoms with Crippen LogP contribution >= 0.6 is 0 Å². The predicted octanol–water partition coefficient (Wildman–Crippen LogP) is 2.63. The molecule has 2 rings (SSSR count). The molecule has 0 atom stereocenters. The predicted molar refractivity (Wildman–Crippen MR) is 40.5 cm³/mol. The zero-order chi connectivity index (χ0) is 7.03. The van der Waals surface area contributed by atoms with Gasteiger partial charge in [-0.2, -0.15) is 0 Å². The van der Waals surface area contributed by atoms with Crippen molar-refractivity contribution in [3.63, 3.8) is 0 Å². The molecule has 0 aromatic carbocycles. The molecule has 0 bridgehead atoms. The van der Waals surface area contributed by atoms with E-state index >= 15 is 0 Å². The lowest BCUT2D eigenvalue weighted by Gasteiger charge is -2.08. The van der Waals surface area contributed by atoms with Crippen LogP contribution in [0.5, 0.6) is 0 Å². The second-order valence-corrected chi connectivity index (χ2v) is 3.70. The summed E-state index contributed by atoms with van der Waals surface area (Å²) in [7, 11) is 0. The van der Waals surface area contributed by atoms with Crippen LogP contribution in [-0.2, 0) is 0 Å². The van der Waals surface area contributed by atoms with Gasteiger partial charge in [-0.15, -0.1) is 0 Å². The van der Waals surface area contributed by atoms with Crippen molar-refractivity contribution in [1.82, 2.24) is 0 Å². The molecule has 0 aromatic heterocycles. The molecular weight excluding hydrogens is 122 g/mol.